The Balaban J connectivity index is 1.29. The molecule has 1 fully saturated rings. The average molecular weight is 480 g/mol. The van der Waals surface area contributed by atoms with E-state index in [2.05, 4.69) is 20.4 Å². The third kappa shape index (κ3) is 5.72. The number of piperazine rings is 1. The highest BCUT2D eigenvalue weighted by Crippen LogP contribution is 2.33. The number of aromatic nitrogens is 4. The van der Waals surface area contributed by atoms with E-state index in [9.17, 15) is 18.0 Å². The van der Waals surface area contributed by atoms with E-state index in [0.29, 0.717) is 39.3 Å². The van der Waals surface area contributed by atoms with E-state index in [4.69, 9.17) is 11.6 Å². The Morgan fingerprint density at radius 2 is 1.88 bits per heavy atom. The second-order valence-corrected chi connectivity index (χ2v) is 7.98. The quantitative estimate of drug-likeness (QED) is 0.606. The summed E-state index contributed by atoms with van der Waals surface area (Å²) in [5.41, 5.74) is 1.11. The van der Waals surface area contributed by atoms with Crippen LogP contribution in [0.25, 0.3) is 0 Å². The molecule has 12 heteroatoms. The highest BCUT2D eigenvalue weighted by molar-refractivity contribution is 6.33. The van der Waals surface area contributed by atoms with Gasteiger partial charge in [0, 0.05) is 38.9 Å². The van der Waals surface area contributed by atoms with Gasteiger partial charge in [0.15, 0.2) is 0 Å². The van der Waals surface area contributed by atoms with Crippen molar-refractivity contribution in [1.82, 2.24) is 30.0 Å². The van der Waals surface area contributed by atoms with Gasteiger partial charge in [-0.05, 0) is 17.2 Å². The molecule has 1 N–H and O–H groups in total. The van der Waals surface area contributed by atoms with Crippen LogP contribution in [-0.2, 0) is 19.3 Å². The topological polar surface area (TPSA) is 79.2 Å². The van der Waals surface area contributed by atoms with E-state index in [1.807, 2.05) is 24.3 Å². The van der Waals surface area contributed by atoms with Gasteiger partial charge in [-0.25, -0.2) is 19.4 Å². The molecule has 8 nitrogen and oxygen atoms in total. The normalized spacial score (nSPS) is 14.4. The lowest BCUT2D eigenvalue weighted by Gasteiger charge is -2.35. The summed E-state index contributed by atoms with van der Waals surface area (Å²) in [6.07, 6.45) is -0.605. The maximum absolute atomic E-state index is 12.8. The molecule has 1 aliphatic rings. The van der Waals surface area contributed by atoms with Crippen molar-refractivity contribution in [1.29, 1.82) is 0 Å². The molecule has 33 heavy (non-hydrogen) atoms. The number of carbonyl (C=O) groups is 1. The smallest absolute Gasteiger partial charge is 0.352 e. The molecule has 0 saturated carbocycles. The molecule has 1 aliphatic heterocycles. The van der Waals surface area contributed by atoms with Crippen molar-refractivity contribution in [2.75, 3.05) is 31.1 Å². The number of nitrogens with one attached hydrogen (secondary N) is 1. The Morgan fingerprint density at radius 1 is 1.12 bits per heavy atom. The summed E-state index contributed by atoms with van der Waals surface area (Å²) in [6.45, 7) is 2.59. The van der Waals surface area contributed by atoms with E-state index in [1.165, 1.54) is 6.33 Å². The third-order valence-corrected chi connectivity index (χ3v) is 5.54. The van der Waals surface area contributed by atoms with Crippen LogP contribution in [0.3, 0.4) is 0 Å². The zero-order valence-corrected chi connectivity index (χ0v) is 18.2. The summed E-state index contributed by atoms with van der Waals surface area (Å²) in [4.78, 5) is 23.8. The van der Waals surface area contributed by atoms with Gasteiger partial charge in [-0.1, -0.05) is 35.9 Å². The van der Waals surface area contributed by atoms with Crippen LogP contribution in [0.2, 0.25) is 5.02 Å². The summed E-state index contributed by atoms with van der Waals surface area (Å²) in [6, 6.07) is 8.50. The molecule has 1 aromatic carbocycles. The molecule has 0 spiro atoms. The van der Waals surface area contributed by atoms with Gasteiger partial charge >= 0.3 is 12.2 Å². The van der Waals surface area contributed by atoms with Crippen molar-refractivity contribution in [3.05, 3.63) is 70.9 Å². The number of benzene rings is 1. The third-order valence-electron chi connectivity index (χ3n) is 5.26. The largest absolute Gasteiger partial charge is 0.417 e. The predicted octanol–water partition coefficient (Wildman–Crippen LogP) is 3.43. The molecule has 1 saturated heterocycles. The minimum atomic E-state index is -4.50. The summed E-state index contributed by atoms with van der Waals surface area (Å²) in [5.74, 6) is 0.286. The zero-order chi connectivity index (χ0) is 23.4. The van der Waals surface area contributed by atoms with E-state index in [-0.39, 0.29) is 16.9 Å². The molecular formula is C21H21ClF3N7O. The van der Waals surface area contributed by atoms with Gasteiger partial charge in [0.1, 0.15) is 18.5 Å². The van der Waals surface area contributed by atoms with Gasteiger partial charge in [-0.3, -0.25) is 0 Å². The fraction of sp³-hybridized carbons (Fsp3) is 0.333. The molecule has 0 bridgehead atoms. The SMILES string of the molecule is O=C(NCc1cccc(Cn2cncn2)c1)N1CCN(c2ncc(C(F)(F)F)cc2Cl)CC1. The number of nitrogens with zero attached hydrogens (tertiary/aromatic N) is 6. The summed E-state index contributed by atoms with van der Waals surface area (Å²) >= 11 is 6.04. The molecular weight excluding hydrogens is 459 g/mol. The standard InChI is InChI=1S/C21H21ClF3N7O/c22-18-9-17(21(23,24)25)11-27-19(18)30-4-6-31(7-5-30)20(33)28-10-15-2-1-3-16(8-15)12-32-14-26-13-29-32/h1-3,8-9,11,13-14H,4-7,10,12H2,(H,28,33). The molecule has 3 aromatic rings. The Labute approximate surface area is 193 Å². The van der Waals surface area contributed by atoms with Crippen LogP contribution in [0, 0.1) is 0 Å². The summed E-state index contributed by atoms with van der Waals surface area (Å²) < 4.78 is 40.2. The second kappa shape index (κ2) is 9.65. The lowest BCUT2D eigenvalue weighted by molar-refractivity contribution is -0.137. The van der Waals surface area contributed by atoms with Crippen LogP contribution in [0.15, 0.2) is 49.2 Å². The number of urea groups is 1. The predicted molar refractivity (Wildman–Crippen MR) is 116 cm³/mol. The van der Waals surface area contributed by atoms with Crippen LogP contribution < -0.4 is 10.2 Å². The van der Waals surface area contributed by atoms with Gasteiger partial charge in [0.25, 0.3) is 0 Å². The van der Waals surface area contributed by atoms with Crippen LogP contribution in [-0.4, -0.2) is 56.9 Å². The Morgan fingerprint density at radius 3 is 2.55 bits per heavy atom. The first-order valence-electron chi connectivity index (χ1n) is 10.2. The highest BCUT2D eigenvalue weighted by Gasteiger charge is 2.32. The average Bonchev–Trinajstić information content (AvgIpc) is 3.30. The monoisotopic (exact) mass is 479 g/mol. The maximum atomic E-state index is 12.8. The second-order valence-electron chi connectivity index (χ2n) is 7.57. The first-order valence-corrected chi connectivity index (χ1v) is 10.6. The van der Waals surface area contributed by atoms with E-state index < -0.39 is 11.7 Å². The summed E-state index contributed by atoms with van der Waals surface area (Å²) in [7, 11) is 0. The number of hydrogen-bond donors (Lipinski definition) is 1. The van der Waals surface area contributed by atoms with Gasteiger partial charge in [0.2, 0.25) is 0 Å². The number of pyridine rings is 1. The number of hydrogen-bond acceptors (Lipinski definition) is 5. The first-order chi connectivity index (χ1) is 15.8. The molecule has 2 amide bonds. The fourth-order valence-corrected chi connectivity index (χ4v) is 3.85. The van der Waals surface area contributed by atoms with Gasteiger partial charge in [-0.2, -0.15) is 18.3 Å². The minimum Gasteiger partial charge on any atom is -0.352 e. The van der Waals surface area contributed by atoms with Crippen molar-refractivity contribution in [3.8, 4) is 0 Å². The first kappa shape index (κ1) is 22.8. The molecule has 0 atom stereocenters. The molecule has 174 valence electrons. The number of halogens is 4. The summed E-state index contributed by atoms with van der Waals surface area (Å²) in [5, 5.41) is 6.94. The lowest BCUT2D eigenvalue weighted by atomic mass is 10.1. The van der Waals surface area contributed by atoms with Gasteiger partial charge in [-0.15, -0.1) is 0 Å². The zero-order valence-electron chi connectivity index (χ0n) is 17.5. The van der Waals surface area contributed by atoms with Crippen molar-refractivity contribution in [2.24, 2.45) is 0 Å². The number of amides is 2. The van der Waals surface area contributed by atoms with E-state index in [1.54, 1.807) is 20.8 Å². The fourth-order valence-electron chi connectivity index (χ4n) is 3.57. The van der Waals surface area contributed by atoms with Crippen molar-refractivity contribution < 1.29 is 18.0 Å². The lowest BCUT2D eigenvalue weighted by Crippen LogP contribution is -2.52. The minimum absolute atomic E-state index is 0.0616. The van der Waals surface area contributed by atoms with Crippen LogP contribution >= 0.6 is 11.6 Å². The van der Waals surface area contributed by atoms with Crippen molar-refractivity contribution in [2.45, 2.75) is 19.3 Å². The number of anilines is 1. The molecule has 0 unspecified atom stereocenters. The highest BCUT2D eigenvalue weighted by atomic mass is 35.5. The Bertz CT molecular complexity index is 1100. The number of alkyl halides is 3. The Kier molecular flexibility index (Phi) is 6.68. The van der Waals surface area contributed by atoms with E-state index >= 15 is 0 Å². The van der Waals surface area contributed by atoms with E-state index in [0.717, 1.165) is 23.4 Å². The number of rotatable bonds is 5. The molecule has 2 aromatic heterocycles. The number of carbonyl (C=O) groups excluding carboxylic acids is 1. The van der Waals surface area contributed by atoms with Crippen LogP contribution in [0.4, 0.5) is 23.8 Å². The molecule has 0 aliphatic carbocycles. The molecule has 0 radical (unpaired) electrons. The maximum Gasteiger partial charge on any atom is 0.417 e. The van der Waals surface area contributed by atoms with Crippen molar-refractivity contribution >= 4 is 23.4 Å². The Hall–Kier alpha value is -3.34. The molecule has 4 rings (SSSR count). The van der Waals surface area contributed by atoms with Crippen LogP contribution in [0.5, 0.6) is 0 Å². The molecule has 3 heterocycles. The van der Waals surface area contributed by atoms with Crippen LogP contribution in [0.1, 0.15) is 16.7 Å². The van der Waals surface area contributed by atoms with Gasteiger partial charge in [0.05, 0.1) is 17.1 Å². The van der Waals surface area contributed by atoms with Crippen molar-refractivity contribution in [3.63, 3.8) is 0 Å². The van der Waals surface area contributed by atoms with Gasteiger partial charge < -0.3 is 15.1 Å².